The number of hydrogen-bond acceptors (Lipinski definition) is 4. The number of carbonyl (C=O) groups excluding carboxylic acids is 2. The van der Waals surface area contributed by atoms with E-state index >= 15 is 0 Å². The van der Waals surface area contributed by atoms with Crippen molar-refractivity contribution in [1.29, 1.82) is 0 Å². The van der Waals surface area contributed by atoms with Crippen LogP contribution in [0, 0.1) is 23.7 Å². The van der Waals surface area contributed by atoms with Crippen molar-refractivity contribution in [1.82, 2.24) is 20.4 Å². The van der Waals surface area contributed by atoms with Crippen LogP contribution in [0.5, 0.6) is 0 Å². The Kier molecular flexibility index (Phi) is 8.17. The second-order valence-electron chi connectivity index (χ2n) is 8.99. The molecule has 3 fully saturated rings. The highest BCUT2D eigenvalue weighted by atomic mass is 127. The molecule has 1 saturated carbocycles. The molecule has 0 aromatic heterocycles. The summed E-state index contributed by atoms with van der Waals surface area (Å²) < 4.78 is 0. The molecule has 2 N–H and O–H groups in total. The highest BCUT2D eigenvalue weighted by Crippen LogP contribution is 2.52. The zero-order valence-electron chi connectivity index (χ0n) is 18.2. The molecule has 5 atom stereocenters. The van der Waals surface area contributed by atoms with Crippen molar-refractivity contribution in [3.63, 3.8) is 0 Å². The number of carbonyl (C=O) groups is 2. The monoisotopic (exact) mass is 529 g/mol. The Balaban J connectivity index is 0.00000256. The average molecular weight is 529 g/mol. The number of amides is 2. The van der Waals surface area contributed by atoms with Gasteiger partial charge in [-0.3, -0.25) is 19.5 Å². The zero-order valence-corrected chi connectivity index (χ0v) is 20.5. The number of nitrogens with one attached hydrogen (secondary N) is 2. The minimum absolute atomic E-state index is 0. The Bertz CT molecular complexity index is 667. The number of hydrogen-bond donors (Lipinski definition) is 2. The average Bonchev–Trinajstić information content (AvgIpc) is 3.40. The van der Waals surface area contributed by atoms with Gasteiger partial charge in [0.1, 0.15) is 0 Å². The Hall–Kier alpha value is -1.16. The van der Waals surface area contributed by atoms with Crippen LogP contribution in [0.2, 0.25) is 0 Å². The van der Waals surface area contributed by atoms with E-state index in [1.54, 1.807) is 7.05 Å². The number of halogens is 1. The molecule has 2 amide bonds. The Morgan fingerprint density at radius 1 is 1.07 bits per heavy atom. The number of nitrogens with zero attached hydrogens (tertiary/aromatic N) is 3. The molecule has 2 saturated heterocycles. The van der Waals surface area contributed by atoms with Crippen LogP contribution in [0.25, 0.3) is 0 Å². The van der Waals surface area contributed by atoms with Crippen molar-refractivity contribution in [3.8, 4) is 0 Å². The predicted molar refractivity (Wildman–Crippen MR) is 129 cm³/mol. The minimum atomic E-state index is -0.105. The molecule has 7 nitrogen and oxygen atoms in total. The van der Waals surface area contributed by atoms with E-state index in [2.05, 4.69) is 39.6 Å². The normalized spacial score (nSPS) is 33.1. The molecule has 0 spiro atoms. The van der Waals surface area contributed by atoms with Crippen LogP contribution in [0.1, 0.15) is 39.0 Å². The number of rotatable bonds is 7. The number of guanidine groups is 1. The van der Waals surface area contributed by atoms with Gasteiger partial charge in [0.2, 0.25) is 11.8 Å². The van der Waals surface area contributed by atoms with Crippen molar-refractivity contribution in [2.45, 2.75) is 45.1 Å². The number of allylic oxidation sites excluding steroid dienone is 2. The van der Waals surface area contributed by atoms with Crippen molar-refractivity contribution in [2.75, 3.05) is 39.8 Å². The molecule has 4 rings (SSSR count). The van der Waals surface area contributed by atoms with Gasteiger partial charge in [0.25, 0.3) is 0 Å². The molecule has 0 radical (unpaired) electrons. The van der Waals surface area contributed by atoms with Crippen molar-refractivity contribution < 1.29 is 9.59 Å². The maximum atomic E-state index is 12.7. The van der Waals surface area contributed by atoms with Crippen LogP contribution >= 0.6 is 24.0 Å². The number of imide groups is 1. The van der Waals surface area contributed by atoms with E-state index in [9.17, 15) is 9.59 Å². The first-order chi connectivity index (χ1) is 14.1. The summed E-state index contributed by atoms with van der Waals surface area (Å²) in [6.07, 6.45) is 10.3. The molecule has 2 bridgehead atoms. The van der Waals surface area contributed by atoms with Gasteiger partial charge in [-0.1, -0.05) is 18.6 Å². The lowest BCUT2D eigenvalue weighted by molar-refractivity contribution is -0.140. The van der Waals surface area contributed by atoms with Gasteiger partial charge < -0.3 is 15.5 Å². The van der Waals surface area contributed by atoms with Gasteiger partial charge in [-0.25, -0.2) is 0 Å². The van der Waals surface area contributed by atoms with Crippen molar-refractivity contribution in [2.24, 2.45) is 28.7 Å². The summed E-state index contributed by atoms with van der Waals surface area (Å²) in [7, 11) is 1.75. The smallest absolute Gasteiger partial charge is 0.233 e. The van der Waals surface area contributed by atoms with Crippen LogP contribution in [-0.4, -0.2) is 73.4 Å². The molecule has 2 heterocycles. The van der Waals surface area contributed by atoms with Crippen molar-refractivity contribution >= 4 is 41.8 Å². The van der Waals surface area contributed by atoms with E-state index in [-0.39, 0.29) is 59.5 Å². The SMILES string of the molecule is CN=C(NCCCN1CCCCC1C)NCCN1C(=O)C2C3C=CC(C3)C2C1=O.I. The maximum absolute atomic E-state index is 12.7. The van der Waals surface area contributed by atoms with E-state index in [1.165, 1.54) is 30.7 Å². The quantitative estimate of drug-likeness (QED) is 0.132. The topological polar surface area (TPSA) is 77.0 Å². The molecule has 30 heavy (non-hydrogen) atoms. The van der Waals surface area contributed by atoms with Gasteiger partial charge in [0, 0.05) is 39.3 Å². The Labute approximate surface area is 197 Å². The zero-order chi connectivity index (χ0) is 20.4. The summed E-state index contributed by atoms with van der Waals surface area (Å²) >= 11 is 0. The van der Waals surface area contributed by atoms with E-state index in [4.69, 9.17) is 0 Å². The molecular formula is C22H36IN5O2. The molecule has 0 aromatic rings. The van der Waals surface area contributed by atoms with Gasteiger partial charge in [-0.05, 0) is 51.0 Å². The second-order valence-corrected chi connectivity index (χ2v) is 8.99. The molecular weight excluding hydrogens is 493 g/mol. The summed E-state index contributed by atoms with van der Waals surface area (Å²) in [6.45, 7) is 6.46. The molecule has 4 aliphatic rings. The standard InChI is InChI=1S/C22H35N5O2.HI/c1-15-6-3-4-11-26(15)12-5-9-24-22(23-2)25-10-13-27-20(28)18-16-7-8-17(14-16)19(18)21(27)29;/h7-8,15-19H,3-6,9-14H2,1-2H3,(H2,23,24,25);1H. The van der Waals surface area contributed by atoms with E-state index in [1.807, 2.05) is 0 Å². The van der Waals surface area contributed by atoms with Crippen molar-refractivity contribution in [3.05, 3.63) is 12.2 Å². The van der Waals surface area contributed by atoms with Crippen LogP contribution in [0.3, 0.4) is 0 Å². The summed E-state index contributed by atoms with van der Waals surface area (Å²) in [5.41, 5.74) is 0. The largest absolute Gasteiger partial charge is 0.356 e. The van der Waals surface area contributed by atoms with E-state index in [0.717, 1.165) is 31.9 Å². The maximum Gasteiger partial charge on any atom is 0.233 e. The van der Waals surface area contributed by atoms with Crippen LogP contribution in [0.15, 0.2) is 17.1 Å². The molecule has 2 aliphatic heterocycles. The van der Waals surface area contributed by atoms with Gasteiger partial charge in [0.15, 0.2) is 5.96 Å². The first-order valence-electron chi connectivity index (χ1n) is 11.3. The van der Waals surface area contributed by atoms with Gasteiger partial charge in [0.05, 0.1) is 11.8 Å². The van der Waals surface area contributed by atoms with E-state index < -0.39 is 0 Å². The number of piperidine rings is 1. The molecule has 2 aliphatic carbocycles. The lowest BCUT2D eigenvalue weighted by atomic mass is 9.85. The van der Waals surface area contributed by atoms with Gasteiger partial charge in [-0.2, -0.15) is 0 Å². The fourth-order valence-corrected chi connectivity index (χ4v) is 5.67. The third-order valence-corrected chi connectivity index (χ3v) is 7.27. The fourth-order valence-electron chi connectivity index (χ4n) is 5.67. The van der Waals surface area contributed by atoms with Gasteiger partial charge in [-0.15, -0.1) is 24.0 Å². The fraction of sp³-hybridized carbons (Fsp3) is 0.773. The summed E-state index contributed by atoms with van der Waals surface area (Å²) in [5, 5.41) is 6.60. The summed E-state index contributed by atoms with van der Waals surface area (Å²) in [6, 6.07) is 0.696. The third-order valence-electron chi connectivity index (χ3n) is 7.27. The summed E-state index contributed by atoms with van der Waals surface area (Å²) in [5.74, 6) is 1.12. The molecule has 0 aromatic carbocycles. The molecule has 8 heteroatoms. The van der Waals surface area contributed by atoms with E-state index in [0.29, 0.717) is 19.1 Å². The van der Waals surface area contributed by atoms with Crippen LogP contribution in [-0.2, 0) is 9.59 Å². The Morgan fingerprint density at radius 2 is 1.73 bits per heavy atom. The Morgan fingerprint density at radius 3 is 2.37 bits per heavy atom. The number of fused-ring (bicyclic) bond motifs is 5. The lowest BCUT2D eigenvalue weighted by Gasteiger charge is -2.33. The first-order valence-corrected chi connectivity index (χ1v) is 11.3. The highest BCUT2D eigenvalue weighted by molar-refractivity contribution is 14.0. The minimum Gasteiger partial charge on any atom is -0.356 e. The van der Waals surface area contributed by atoms with Crippen LogP contribution in [0.4, 0.5) is 0 Å². The first kappa shape index (κ1) is 23.5. The second kappa shape index (κ2) is 10.4. The lowest BCUT2D eigenvalue weighted by Crippen LogP contribution is -2.44. The molecule has 168 valence electrons. The third kappa shape index (κ3) is 4.69. The predicted octanol–water partition coefficient (Wildman–Crippen LogP) is 1.84. The van der Waals surface area contributed by atoms with Gasteiger partial charge >= 0.3 is 0 Å². The number of aliphatic imine (C=N–C) groups is 1. The summed E-state index contributed by atoms with van der Waals surface area (Å²) in [4.78, 5) is 33.7. The highest BCUT2D eigenvalue weighted by Gasteiger charge is 2.58. The molecule has 5 unspecified atom stereocenters. The number of likely N-dealkylation sites (tertiary alicyclic amines) is 2. The van der Waals surface area contributed by atoms with Crippen LogP contribution < -0.4 is 10.6 Å².